The van der Waals surface area contributed by atoms with Gasteiger partial charge in [0.25, 0.3) is 0 Å². The molecule has 5 heteroatoms. The quantitative estimate of drug-likeness (QED) is 0.425. The molecule has 0 amide bonds. The highest BCUT2D eigenvalue weighted by Crippen LogP contribution is 2.25. The second-order valence-electron chi connectivity index (χ2n) is 6.77. The molecule has 0 radical (unpaired) electrons. The molecule has 0 bridgehead atoms. The Labute approximate surface area is 170 Å². The summed E-state index contributed by atoms with van der Waals surface area (Å²) in [5.41, 5.74) is 5.33. The minimum Gasteiger partial charge on any atom is -0.298 e. The molecule has 4 rings (SSSR count). The Kier molecular flexibility index (Phi) is 5.51. The third-order valence-electron chi connectivity index (χ3n) is 4.57. The Morgan fingerprint density at radius 2 is 1.54 bits per heavy atom. The van der Waals surface area contributed by atoms with Crippen molar-refractivity contribution >= 4 is 11.6 Å². The number of halogens is 1. The number of hydrogen-bond donors (Lipinski definition) is 0. The van der Waals surface area contributed by atoms with E-state index in [-0.39, 0.29) is 0 Å². The van der Waals surface area contributed by atoms with Crippen molar-refractivity contribution in [3.8, 4) is 16.9 Å². The van der Waals surface area contributed by atoms with E-state index in [1.807, 2.05) is 53.2 Å². The average Bonchev–Trinajstić information content (AvgIpc) is 3.15. The second kappa shape index (κ2) is 8.38. The fraction of sp³-hybridized carbons (Fsp3) is 0.130. The Balaban J connectivity index is 1.65. The van der Waals surface area contributed by atoms with E-state index in [2.05, 4.69) is 47.4 Å². The lowest BCUT2D eigenvalue weighted by molar-refractivity contribution is 0.319. The molecule has 0 aliphatic carbocycles. The lowest BCUT2D eigenvalue weighted by atomic mass is 10.1. The maximum atomic E-state index is 6.23. The fourth-order valence-corrected chi connectivity index (χ4v) is 3.43. The molecule has 0 atom stereocenters. The first-order valence-electron chi connectivity index (χ1n) is 9.18. The van der Waals surface area contributed by atoms with Gasteiger partial charge in [-0.15, -0.1) is 0 Å². The van der Waals surface area contributed by atoms with Gasteiger partial charge in [0.1, 0.15) is 5.15 Å². The summed E-state index contributed by atoms with van der Waals surface area (Å²) < 4.78 is 1.95. The molecule has 0 saturated carbocycles. The highest BCUT2D eigenvalue weighted by Gasteiger charge is 2.15. The summed E-state index contributed by atoms with van der Waals surface area (Å²) in [6.45, 7) is 1.47. The van der Waals surface area contributed by atoms with Crippen LogP contribution in [0.25, 0.3) is 16.9 Å². The molecule has 2 aromatic carbocycles. The van der Waals surface area contributed by atoms with E-state index in [1.165, 1.54) is 0 Å². The van der Waals surface area contributed by atoms with E-state index in [0.717, 1.165) is 41.2 Å². The highest BCUT2D eigenvalue weighted by molar-refractivity contribution is 6.30. The van der Waals surface area contributed by atoms with Crippen molar-refractivity contribution in [1.29, 1.82) is 0 Å². The normalized spacial score (nSPS) is 11.1. The van der Waals surface area contributed by atoms with Gasteiger partial charge in [-0.2, -0.15) is 5.10 Å². The molecule has 0 saturated heterocycles. The Morgan fingerprint density at radius 3 is 2.25 bits per heavy atom. The molecule has 140 valence electrons. The van der Waals surface area contributed by atoms with Crippen molar-refractivity contribution in [2.45, 2.75) is 13.1 Å². The summed E-state index contributed by atoms with van der Waals surface area (Å²) in [5.74, 6) is 0. The molecule has 0 aliphatic rings. The van der Waals surface area contributed by atoms with Gasteiger partial charge in [-0.3, -0.25) is 4.90 Å². The van der Waals surface area contributed by atoms with Gasteiger partial charge in [0.2, 0.25) is 0 Å². The molecule has 0 N–H and O–H groups in total. The van der Waals surface area contributed by atoms with Crippen molar-refractivity contribution < 1.29 is 0 Å². The average molecular weight is 389 g/mol. The van der Waals surface area contributed by atoms with E-state index in [0.29, 0.717) is 5.15 Å². The zero-order valence-electron chi connectivity index (χ0n) is 15.7. The number of para-hydroxylation sites is 1. The van der Waals surface area contributed by atoms with E-state index < -0.39 is 0 Å². The topological polar surface area (TPSA) is 34.0 Å². The molecule has 4 aromatic rings. The van der Waals surface area contributed by atoms with Crippen LogP contribution >= 0.6 is 11.6 Å². The molecule has 0 unspecified atom stereocenters. The SMILES string of the molecule is CN(Cc1cccnc1Cl)Cc1cn(-c2ccccc2)nc1-c1ccccc1. The van der Waals surface area contributed by atoms with Crippen LogP contribution in [0.3, 0.4) is 0 Å². The Bertz CT molecular complexity index is 1040. The Hall–Kier alpha value is -2.95. The molecule has 0 fully saturated rings. The number of pyridine rings is 1. The molecule has 28 heavy (non-hydrogen) atoms. The number of hydrogen-bond acceptors (Lipinski definition) is 3. The molecule has 2 heterocycles. The fourth-order valence-electron chi connectivity index (χ4n) is 3.25. The standard InChI is InChI=1S/C23H21ClN4/c1-27(15-19-11-8-14-25-23(19)24)16-20-17-28(21-12-6-3-7-13-21)26-22(20)18-9-4-2-5-10-18/h2-14,17H,15-16H2,1H3. The van der Waals surface area contributed by atoms with Gasteiger partial charge < -0.3 is 0 Å². The van der Waals surface area contributed by atoms with Gasteiger partial charge in [-0.25, -0.2) is 9.67 Å². The van der Waals surface area contributed by atoms with Crippen LogP contribution < -0.4 is 0 Å². The van der Waals surface area contributed by atoms with Gasteiger partial charge in [0.05, 0.1) is 11.4 Å². The first kappa shape index (κ1) is 18.4. The summed E-state index contributed by atoms with van der Waals surface area (Å²) in [7, 11) is 2.08. The third-order valence-corrected chi connectivity index (χ3v) is 4.92. The van der Waals surface area contributed by atoms with Crippen LogP contribution in [0, 0.1) is 0 Å². The zero-order chi connectivity index (χ0) is 19.3. The monoisotopic (exact) mass is 388 g/mol. The molecule has 2 aromatic heterocycles. The number of aromatic nitrogens is 3. The van der Waals surface area contributed by atoms with Crippen LogP contribution in [-0.2, 0) is 13.1 Å². The maximum Gasteiger partial charge on any atom is 0.133 e. The lowest BCUT2D eigenvalue weighted by Crippen LogP contribution is -2.17. The predicted octanol–water partition coefficient (Wildman–Crippen LogP) is 5.22. The van der Waals surface area contributed by atoms with Crippen molar-refractivity contribution in [2.75, 3.05) is 7.05 Å². The van der Waals surface area contributed by atoms with Crippen LogP contribution in [0.2, 0.25) is 5.15 Å². The predicted molar refractivity (Wildman–Crippen MR) is 113 cm³/mol. The van der Waals surface area contributed by atoms with Gasteiger partial charge in [0.15, 0.2) is 0 Å². The zero-order valence-corrected chi connectivity index (χ0v) is 16.4. The van der Waals surface area contributed by atoms with Gasteiger partial charge in [-0.05, 0) is 25.2 Å². The van der Waals surface area contributed by atoms with Crippen LogP contribution in [0.1, 0.15) is 11.1 Å². The van der Waals surface area contributed by atoms with Crippen molar-refractivity contribution in [3.05, 3.63) is 101 Å². The van der Waals surface area contributed by atoms with E-state index in [9.17, 15) is 0 Å². The van der Waals surface area contributed by atoms with Crippen molar-refractivity contribution in [2.24, 2.45) is 0 Å². The van der Waals surface area contributed by atoms with E-state index in [1.54, 1.807) is 6.20 Å². The second-order valence-corrected chi connectivity index (χ2v) is 7.13. The Morgan fingerprint density at radius 1 is 0.857 bits per heavy atom. The summed E-state index contributed by atoms with van der Waals surface area (Å²) in [6.07, 6.45) is 3.82. The van der Waals surface area contributed by atoms with Crippen LogP contribution in [0.15, 0.2) is 85.2 Å². The van der Waals surface area contributed by atoms with Crippen LogP contribution in [-0.4, -0.2) is 26.7 Å². The van der Waals surface area contributed by atoms with Crippen molar-refractivity contribution in [1.82, 2.24) is 19.7 Å². The lowest BCUT2D eigenvalue weighted by Gasteiger charge is -2.17. The summed E-state index contributed by atoms with van der Waals surface area (Å²) in [5, 5.41) is 5.43. The summed E-state index contributed by atoms with van der Waals surface area (Å²) in [6, 6.07) is 24.4. The largest absolute Gasteiger partial charge is 0.298 e. The third kappa shape index (κ3) is 4.14. The maximum absolute atomic E-state index is 6.23. The molecule has 0 spiro atoms. The molecular weight excluding hydrogens is 368 g/mol. The van der Waals surface area contributed by atoms with Gasteiger partial charge in [-0.1, -0.05) is 66.2 Å². The van der Waals surface area contributed by atoms with E-state index >= 15 is 0 Å². The summed E-state index contributed by atoms with van der Waals surface area (Å²) in [4.78, 5) is 6.39. The van der Waals surface area contributed by atoms with Crippen LogP contribution in [0.4, 0.5) is 0 Å². The first-order chi connectivity index (χ1) is 13.7. The minimum atomic E-state index is 0.553. The van der Waals surface area contributed by atoms with Crippen molar-refractivity contribution in [3.63, 3.8) is 0 Å². The highest BCUT2D eigenvalue weighted by atomic mass is 35.5. The molecule has 0 aliphatic heterocycles. The minimum absolute atomic E-state index is 0.553. The number of benzene rings is 2. The number of rotatable bonds is 6. The first-order valence-corrected chi connectivity index (χ1v) is 9.56. The van der Waals surface area contributed by atoms with Gasteiger partial charge >= 0.3 is 0 Å². The number of nitrogens with zero attached hydrogens (tertiary/aromatic N) is 4. The summed E-state index contributed by atoms with van der Waals surface area (Å²) >= 11 is 6.23. The van der Waals surface area contributed by atoms with Gasteiger partial charge in [0, 0.05) is 42.2 Å². The van der Waals surface area contributed by atoms with E-state index in [4.69, 9.17) is 16.7 Å². The molecular formula is C23H21ClN4. The van der Waals surface area contributed by atoms with Crippen LogP contribution in [0.5, 0.6) is 0 Å². The smallest absolute Gasteiger partial charge is 0.133 e. The molecule has 4 nitrogen and oxygen atoms in total.